The number of nitrogens with two attached hydrogens (primary N) is 1. The molecule has 1 aliphatic rings. The van der Waals surface area contributed by atoms with Gasteiger partial charge in [-0.3, -0.25) is 0 Å². The normalized spacial score (nSPS) is 16.9. The minimum atomic E-state index is -0.259. The van der Waals surface area contributed by atoms with Crippen molar-refractivity contribution in [2.45, 2.75) is 25.9 Å². The van der Waals surface area contributed by atoms with Gasteiger partial charge in [0.25, 0.3) is 0 Å². The van der Waals surface area contributed by atoms with Crippen molar-refractivity contribution in [1.29, 1.82) is 0 Å². The van der Waals surface area contributed by atoms with Crippen LogP contribution in [0.15, 0.2) is 24.5 Å². The lowest BCUT2D eigenvalue weighted by Crippen LogP contribution is -2.24. The molecule has 1 aromatic carbocycles. The second-order valence-electron chi connectivity index (χ2n) is 4.85. The van der Waals surface area contributed by atoms with Crippen molar-refractivity contribution in [3.05, 3.63) is 41.5 Å². The Labute approximate surface area is 116 Å². The molecule has 1 atom stereocenters. The van der Waals surface area contributed by atoms with Crippen LogP contribution in [0.1, 0.15) is 18.1 Å². The van der Waals surface area contributed by atoms with E-state index < -0.39 is 0 Å². The predicted octanol–water partition coefficient (Wildman–Crippen LogP) is 2.11. The van der Waals surface area contributed by atoms with Gasteiger partial charge in [0.1, 0.15) is 17.7 Å². The zero-order valence-corrected chi connectivity index (χ0v) is 11.3. The minimum absolute atomic E-state index is 0.171. The quantitative estimate of drug-likeness (QED) is 0.930. The Balaban J connectivity index is 2.05. The number of rotatable bonds is 3. The topological polar surface area (TPSA) is 61.0 Å². The molecule has 1 aliphatic heterocycles. The van der Waals surface area contributed by atoms with E-state index in [9.17, 15) is 4.39 Å². The fraction of sp³-hybridized carbons (Fsp3) is 0.333. The van der Waals surface area contributed by atoms with Crippen LogP contribution in [-0.2, 0) is 12.8 Å². The Morgan fingerprint density at radius 3 is 2.75 bits per heavy atom. The molecule has 4 nitrogen and oxygen atoms in total. The van der Waals surface area contributed by atoms with Gasteiger partial charge in [0.2, 0.25) is 0 Å². The van der Waals surface area contributed by atoms with E-state index in [4.69, 9.17) is 10.5 Å². The van der Waals surface area contributed by atoms with Gasteiger partial charge in [-0.25, -0.2) is 14.4 Å². The molecule has 0 saturated heterocycles. The number of benzene rings is 1. The Kier molecular flexibility index (Phi) is 3.36. The number of ether oxygens (including phenoxy) is 1. The van der Waals surface area contributed by atoms with Crippen LogP contribution < -0.4 is 10.5 Å². The van der Waals surface area contributed by atoms with E-state index in [1.807, 2.05) is 6.92 Å². The number of fused-ring (bicyclic) bond motifs is 1. The van der Waals surface area contributed by atoms with Crippen molar-refractivity contribution < 1.29 is 9.13 Å². The second kappa shape index (κ2) is 5.17. The number of hydrogen-bond acceptors (Lipinski definition) is 4. The largest absolute Gasteiger partial charge is 0.488 e. The Bertz CT molecular complexity index is 628. The van der Waals surface area contributed by atoms with E-state index in [0.29, 0.717) is 30.1 Å². The third-order valence-corrected chi connectivity index (χ3v) is 3.54. The zero-order chi connectivity index (χ0) is 14.1. The van der Waals surface area contributed by atoms with Gasteiger partial charge in [0.05, 0.1) is 5.56 Å². The second-order valence-corrected chi connectivity index (χ2v) is 4.85. The lowest BCUT2D eigenvalue weighted by Gasteiger charge is -2.10. The summed E-state index contributed by atoms with van der Waals surface area (Å²) in [4.78, 5) is 8.67. The van der Waals surface area contributed by atoms with E-state index in [1.165, 1.54) is 6.07 Å². The molecule has 0 unspecified atom stereocenters. The van der Waals surface area contributed by atoms with Crippen molar-refractivity contribution >= 4 is 0 Å². The molecule has 0 radical (unpaired) electrons. The van der Waals surface area contributed by atoms with Gasteiger partial charge < -0.3 is 10.5 Å². The molecular weight excluding hydrogens is 257 g/mol. The number of aromatic nitrogens is 2. The first-order valence-corrected chi connectivity index (χ1v) is 6.72. The summed E-state index contributed by atoms with van der Waals surface area (Å²) in [6.45, 7) is 2.41. The van der Waals surface area contributed by atoms with Crippen LogP contribution in [0.25, 0.3) is 11.4 Å². The predicted molar refractivity (Wildman–Crippen MR) is 74.0 cm³/mol. The maximum atomic E-state index is 13.9. The fourth-order valence-corrected chi connectivity index (χ4v) is 2.35. The van der Waals surface area contributed by atoms with Crippen LogP contribution in [-0.4, -0.2) is 22.6 Å². The highest BCUT2D eigenvalue weighted by molar-refractivity contribution is 5.68. The molecule has 2 N–H and O–H groups in total. The van der Waals surface area contributed by atoms with Crippen LogP contribution in [0.2, 0.25) is 0 Å². The van der Waals surface area contributed by atoms with E-state index in [2.05, 4.69) is 9.97 Å². The Morgan fingerprint density at radius 2 is 2.10 bits per heavy atom. The number of hydrogen-bond donors (Lipinski definition) is 1. The highest BCUT2D eigenvalue weighted by atomic mass is 19.1. The summed E-state index contributed by atoms with van der Waals surface area (Å²) in [7, 11) is 0. The minimum Gasteiger partial charge on any atom is -0.488 e. The molecule has 20 heavy (non-hydrogen) atoms. The monoisotopic (exact) mass is 273 g/mol. The third kappa shape index (κ3) is 2.14. The van der Waals surface area contributed by atoms with Crippen LogP contribution in [0, 0.1) is 5.82 Å². The molecule has 0 bridgehead atoms. The molecule has 0 amide bonds. The summed E-state index contributed by atoms with van der Waals surface area (Å²) in [5.41, 5.74) is 7.97. The van der Waals surface area contributed by atoms with Gasteiger partial charge in [-0.1, -0.05) is 6.92 Å². The molecule has 104 valence electrons. The molecule has 5 heteroatoms. The zero-order valence-electron chi connectivity index (χ0n) is 11.3. The van der Waals surface area contributed by atoms with E-state index in [-0.39, 0.29) is 11.9 Å². The first kappa shape index (κ1) is 13.0. The molecule has 0 fully saturated rings. The summed E-state index contributed by atoms with van der Waals surface area (Å²) >= 11 is 0. The van der Waals surface area contributed by atoms with Gasteiger partial charge in [0.15, 0.2) is 5.82 Å². The van der Waals surface area contributed by atoms with E-state index >= 15 is 0 Å². The fourth-order valence-electron chi connectivity index (χ4n) is 2.35. The van der Waals surface area contributed by atoms with E-state index in [1.54, 1.807) is 18.5 Å². The first-order chi connectivity index (χ1) is 9.72. The summed E-state index contributed by atoms with van der Waals surface area (Å²) in [5.74, 6) is 0.825. The summed E-state index contributed by atoms with van der Waals surface area (Å²) in [6.07, 6.45) is 4.78. The standard InChI is InChI=1S/C15H16FN3O/c1-2-9-7-18-15(19-8-9)11-3-4-13(16)12-5-10(6-17)20-14(11)12/h3-4,7-8,10H,2,5-6,17H2,1H3/t10-/m1/s1. The third-order valence-electron chi connectivity index (χ3n) is 3.54. The average molecular weight is 273 g/mol. The number of aryl methyl sites for hydroxylation is 1. The van der Waals surface area contributed by atoms with Gasteiger partial charge in [-0.15, -0.1) is 0 Å². The maximum Gasteiger partial charge on any atom is 0.162 e. The Morgan fingerprint density at radius 1 is 1.35 bits per heavy atom. The molecular formula is C15H16FN3O. The number of halogens is 1. The van der Waals surface area contributed by atoms with Crippen LogP contribution in [0.4, 0.5) is 4.39 Å². The smallest absolute Gasteiger partial charge is 0.162 e. The van der Waals surface area contributed by atoms with Gasteiger partial charge in [0, 0.05) is 30.9 Å². The van der Waals surface area contributed by atoms with Gasteiger partial charge in [-0.2, -0.15) is 0 Å². The molecule has 1 aromatic heterocycles. The van der Waals surface area contributed by atoms with Crippen molar-refractivity contribution in [3.8, 4) is 17.1 Å². The Hall–Kier alpha value is -2.01. The lowest BCUT2D eigenvalue weighted by atomic mass is 10.0. The summed E-state index contributed by atoms with van der Waals surface area (Å²) in [6, 6.07) is 3.10. The van der Waals surface area contributed by atoms with Crippen molar-refractivity contribution in [2.75, 3.05) is 6.54 Å². The van der Waals surface area contributed by atoms with Crippen molar-refractivity contribution in [1.82, 2.24) is 9.97 Å². The van der Waals surface area contributed by atoms with Gasteiger partial charge >= 0.3 is 0 Å². The van der Waals surface area contributed by atoms with Crippen LogP contribution in [0.3, 0.4) is 0 Å². The molecule has 0 saturated carbocycles. The molecule has 0 aliphatic carbocycles. The highest BCUT2D eigenvalue weighted by Crippen LogP contribution is 2.38. The van der Waals surface area contributed by atoms with E-state index in [0.717, 1.165) is 17.5 Å². The highest BCUT2D eigenvalue weighted by Gasteiger charge is 2.28. The van der Waals surface area contributed by atoms with Crippen molar-refractivity contribution in [3.63, 3.8) is 0 Å². The first-order valence-electron chi connectivity index (χ1n) is 6.72. The molecule has 0 spiro atoms. The van der Waals surface area contributed by atoms with Crippen LogP contribution >= 0.6 is 0 Å². The van der Waals surface area contributed by atoms with Crippen molar-refractivity contribution in [2.24, 2.45) is 5.73 Å². The molecule has 3 rings (SSSR count). The van der Waals surface area contributed by atoms with Crippen LogP contribution in [0.5, 0.6) is 5.75 Å². The van der Waals surface area contributed by atoms with Gasteiger partial charge in [-0.05, 0) is 24.1 Å². The maximum absolute atomic E-state index is 13.9. The average Bonchev–Trinajstić information content (AvgIpc) is 2.93. The molecule has 2 aromatic rings. The SMILES string of the molecule is CCc1cnc(-c2ccc(F)c3c2O[C@@H](CN)C3)nc1. The molecule has 2 heterocycles. The summed E-state index contributed by atoms with van der Waals surface area (Å²) in [5, 5.41) is 0. The number of nitrogens with zero attached hydrogens (tertiary/aromatic N) is 2. The summed E-state index contributed by atoms with van der Waals surface area (Å²) < 4.78 is 19.6. The lowest BCUT2D eigenvalue weighted by molar-refractivity contribution is 0.242.